The predicted octanol–water partition coefficient (Wildman–Crippen LogP) is 2.19. The lowest BCUT2D eigenvalue weighted by Gasteiger charge is -2.15. The molecule has 1 atom stereocenters. The van der Waals surface area contributed by atoms with E-state index in [0.717, 1.165) is 10.2 Å². The van der Waals surface area contributed by atoms with E-state index in [1.165, 1.54) is 0 Å². The SMILES string of the molecule is CC(C)NCC(O)COc1ccccc1Br. The maximum atomic E-state index is 9.65. The van der Waals surface area contributed by atoms with Crippen LogP contribution >= 0.6 is 15.9 Å². The van der Waals surface area contributed by atoms with Crippen LogP contribution in [0.4, 0.5) is 0 Å². The second kappa shape index (κ2) is 6.89. The summed E-state index contributed by atoms with van der Waals surface area (Å²) >= 11 is 3.39. The maximum absolute atomic E-state index is 9.65. The summed E-state index contributed by atoms with van der Waals surface area (Å²) in [4.78, 5) is 0. The first-order valence-electron chi connectivity index (χ1n) is 5.38. The molecule has 0 aliphatic rings. The van der Waals surface area contributed by atoms with E-state index < -0.39 is 6.10 Å². The molecule has 0 fully saturated rings. The average Bonchev–Trinajstić information content (AvgIpc) is 2.25. The summed E-state index contributed by atoms with van der Waals surface area (Å²) in [6, 6.07) is 7.98. The van der Waals surface area contributed by atoms with Gasteiger partial charge in [-0.15, -0.1) is 0 Å². The normalized spacial score (nSPS) is 12.8. The lowest BCUT2D eigenvalue weighted by atomic mass is 10.3. The van der Waals surface area contributed by atoms with Crippen LogP contribution in [0.3, 0.4) is 0 Å². The van der Waals surface area contributed by atoms with Crippen LogP contribution in [0.25, 0.3) is 0 Å². The number of ether oxygens (including phenoxy) is 1. The number of nitrogens with one attached hydrogen (secondary N) is 1. The Labute approximate surface area is 105 Å². The zero-order valence-electron chi connectivity index (χ0n) is 9.61. The number of hydrogen-bond donors (Lipinski definition) is 2. The number of para-hydroxylation sites is 1. The standard InChI is InChI=1S/C12H18BrNO2/c1-9(2)14-7-10(15)8-16-12-6-4-3-5-11(12)13/h3-6,9-10,14-15H,7-8H2,1-2H3. The Balaban J connectivity index is 2.31. The van der Waals surface area contributed by atoms with Crippen molar-refractivity contribution >= 4 is 15.9 Å². The second-order valence-corrected chi connectivity index (χ2v) is 4.81. The van der Waals surface area contributed by atoms with Gasteiger partial charge >= 0.3 is 0 Å². The highest BCUT2D eigenvalue weighted by atomic mass is 79.9. The smallest absolute Gasteiger partial charge is 0.133 e. The van der Waals surface area contributed by atoms with Crippen molar-refractivity contribution < 1.29 is 9.84 Å². The van der Waals surface area contributed by atoms with E-state index in [1.807, 2.05) is 38.1 Å². The third-order valence-corrected chi connectivity index (χ3v) is 2.68. The summed E-state index contributed by atoms with van der Waals surface area (Å²) in [5, 5.41) is 12.8. The number of aliphatic hydroxyl groups excluding tert-OH is 1. The van der Waals surface area contributed by atoms with Crippen LogP contribution in [0, 0.1) is 0 Å². The fraction of sp³-hybridized carbons (Fsp3) is 0.500. The largest absolute Gasteiger partial charge is 0.490 e. The molecule has 3 nitrogen and oxygen atoms in total. The average molecular weight is 288 g/mol. The molecular formula is C12H18BrNO2. The molecule has 2 N–H and O–H groups in total. The van der Waals surface area contributed by atoms with Crippen molar-refractivity contribution in [1.82, 2.24) is 5.32 Å². The number of hydrogen-bond acceptors (Lipinski definition) is 3. The van der Waals surface area contributed by atoms with Crippen LogP contribution < -0.4 is 10.1 Å². The molecule has 1 aromatic rings. The van der Waals surface area contributed by atoms with Gasteiger partial charge in [0, 0.05) is 12.6 Å². The Morgan fingerprint density at radius 2 is 2.06 bits per heavy atom. The summed E-state index contributed by atoms with van der Waals surface area (Å²) in [7, 11) is 0. The van der Waals surface area contributed by atoms with E-state index >= 15 is 0 Å². The van der Waals surface area contributed by atoms with E-state index in [-0.39, 0.29) is 0 Å². The lowest BCUT2D eigenvalue weighted by molar-refractivity contribution is 0.104. The zero-order valence-corrected chi connectivity index (χ0v) is 11.2. The van der Waals surface area contributed by atoms with Crippen LogP contribution in [0.2, 0.25) is 0 Å². The van der Waals surface area contributed by atoms with Gasteiger partial charge in [0.25, 0.3) is 0 Å². The Hall–Kier alpha value is -0.580. The van der Waals surface area contributed by atoms with E-state index in [2.05, 4.69) is 21.2 Å². The summed E-state index contributed by atoms with van der Waals surface area (Å²) in [5.41, 5.74) is 0. The topological polar surface area (TPSA) is 41.5 Å². The van der Waals surface area contributed by atoms with Crippen molar-refractivity contribution in [3.63, 3.8) is 0 Å². The summed E-state index contributed by atoms with van der Waals surface area (Å²) < 4.78 is 6.40. The second-order valence-electron chi connectivity index (χ2n) is 3.96. The predicted molar refractivity (Wildman–Crippen MR) is 68.8 cm³/mol. The zero-order chi connectivity index (χ0) is 12.0. The highest BCUT2D eigenvalue weighted by Crippen LogP contribution is 2.23. The summed E-state index contributed by atoms with van der Waals surface area (Å²) in [5.74, 6) is 0.756. The molecule has 1 aromatic carbocycles. The molecule has 0 spiro atoms. The first kappa shape index (κ1) is 13.5. The van der Waals surface area contributed by atoms with Gasteiger partial charge in [-0.05, 0) is 28.1 Å². The van der Waals surface area contributed by atoms with Crippen molar-refractivity contribution in [1.29, 1.82) is 0 Å². The van der Waals surface area contributed by atoms with E-state index in [4.69, 9.17) is 4.74 Å². The van der Waals surface area contributed by atoms with Crippen LogP contribution in [0.1, 0.15) is 13.8 Å². The van der Waals surface area contributed by atoms with Crippen LogP contribution in [0.15, 0.2) is 28.7 Å². The number of aliphatic hydroxyl groups is 1. The van der Waals surface area contributed by atoms with Crippen LogP contribution in [0.5, 0.6) is 5.75 Å². The summed E-state index contributed by atoms with van der Waals surface area (Å²) in [6.45, 7) is 4.92. The molecule has 0 saturated heterocycles. The first-order chi connectivity index (χ1) is 7.59. The van der Waals surface area contributed by atoms with E-state index in [1.54, 1.807) is 0 Å². The Morgan fingerprint density at radius 3 is 2.69 bits per heavy atom. The maximum Gasteiger partial charge on any atom is 0.133 e. The molecule has 0 aliphatic heterocycles. The molecular weight excluding hydrogens is 270 g/mol. The highest BCUT2D eigenvalue weighted by molar-refractivity contribution is 9.10. The number of halogens is 1. The van der Waals surface area contributed by atoms with Crippen LogP contribution in [-0.2, 0) is 0 Å². The third kappa shape index (κ3) is 4.96. The molecule has 0 aromatic heterocycles. The quantitative estimate of drug-likeness (QED) is 0.843. The van der Waals surface area contributed by atoms with E-state index in [9.17, 15) is 5.11 Å². The molecule has 0 heterocycles. The number of benzene rings is 1. The van der Waals surface area contributed by atoms with Crippen molar-refractivity contribution in [2.24, 2.45) is 0 Å². The minimum atomic E-state index is -0.491. The van der Waals surface area contributed by atoms with Crippen molar-refractivity contribution in [2.45, 2.75) is 26.0 Å². The van der Waals surface area contributed by atoms with Gasteiger partial charge < -0.3 is 15.2 Å². The van der Waals surface area contributed by atoms with Gasteiger partial charge in [-0.25, -0.2) is 0 Å². The van der Waals surface area contributed by atoms with Crippen molar-refractivity contribution in [3.05, 3.63) is 28.7 Å². The van der Waals surface area contributed by atoms with Gasteiger partial charge in [0.15, 0.2) is 0 Å². The minimum absolute atomic E-state index is 0.294. The fourth-order valence-corrected chi connectivity index (χ4v) is 1.58. The fourth-order valence-electron chi connectivity index (χ4n) is 1.18. The molecule has 1 unspecified atom stereocenters. The molecule has 90 valence electrons. The lowest BCUT2D eigenvalue weighted by Crippen LogP contribution is -2.35. The molecule has 1 rings (SSSR count). The molecule has 4 heteroatoms. The first-order valence-corrected chi connectivity index (χ1v) is 6.17. The molecule has 0 saturated carbocycles. The van der Waals surface area contributed by atoms with Crippen molar-refractivity contribution in [3.8, 4) is 5.75 Å². The molecule has 0 amide bonds. The highest BCUT2D eigenvalue weighted by Gasteiger charge is 2.07. The monoisotopic (exact) mass is 287 g/mol. The Bertz CT molecular complexity index is 318. The van der Waals surface area contributed by atoms with Gasteiger partial charge in [0.05, 0.1) is 4.47 Å². The number of rotatable bonds is 6. The third-order valence-electron chi connectivity index (χ3n) is 2.03. The van der Waals surface area contributed by atoms with Gasteiger partial charge in [0.2, 0.25) is 0 Å². The molecule has 16 heavy (non-hydrogen) atoms. The Morgan fingerprint density at radius 1 is 1.38 bits per heavy atom. The minimum Gasteiger partial charge on any atom is -0.490 e. The van der Waals surface area contributed by atoms with Gasteiger partial charge in [-0.3, -0.25) is 0 Å². The Kier molecular flexibility index (Phi) is 5.80. The summed E-state index contributed by atoms with van der Waals surface area (Å²) in [6.07, 6.45) is -0.491. The van der Waals surface area contributed by atoms with Crippen molar-refractivity contribution in [2.75, 3.05) is 13.2 Å². The molecule has 0 radical (unpaired) electrons. The van der Waals surface area contributed by atoms with Crippen LogP contribution in [-0.4, -0.2) is 30.4 Å². The van der Waals surface area contributed by atoms with Gasteiger partial charge in [-0.2, -0.15) is 0 Å². The van der Waals surface area contributed by atoms with E-state index in [0.29, 0.717) is 19.2 Å². The van der Waals surface area contributed by atoms with Gasteiger partial charge in [-0.1, -0.05) is 26.0 Å². The molecule has 0 bridgehead atoms. The molecule has 0 aliphatic carbocycles. The van der Waals surface area contributed by atoms with Gasteiger partial charge in [0.1, 0.15) is 18.5 Å².